The zero-order valence-corrected chi connectivity index (χ0v) is 10.5. The van der Waals surface area contributed by atoms with Crippen LogP contribution in [-0.4, -0.2) is 14.2 Å². The summed E-state index contributed by atoms with van der Waals surface area (Å²) in [6, 6.07) is 16.3. The van der Waals surface area contributed by atoms with Gasteiger partial charge in [0.2, 0.25) is 0 Å². The van der Waals surface area contributed by atoms with E-state index in [0.717, 1.165) is 11.3 Å². The summed E-state index contributed by atoms with van der Waals surface area (Å²) in [5, 5.41) is 0. The summed E-state index contributed by atoms with van der Waals surface area (Å²) in [5.74, 6) is 2.18. The Morgan fingerprint density at radius 1 is 0.889 bits per heavy atom. The molecule has 0 unspecified atom stereocenters. The molecule has 0 atom stereocenters. The summed E-state index contributed by atoms with van der Waals surface area (Å²) >= 11 is 0. The second-order valence-corrected chi connectivity index (χ2v) is 3.72. The lowest BCUT2D eigenvalue weighted by atomic mass is 10.2. The van der Waals surface area contributed by atoms with E-state index >= 15 is 0 Å². The van der Waals surface area contributed by atoms with Crippen molar-refractivity contribution in [1.82, 2.24) is 0 Å². The van der Waals surface area contributed by atoms with Crippen molar-refractivity contribution in [2.24, 2.45) is 0 Å². The van der Waals surface area contributed by atoms with Gasteiger partial charge in [-0.2, -0.15) is 0 Å². The van der Waals surface area contributed by atoms with E-state index in [-0.39, 0.29) is 0 Å². The van der Waals surface area contributed by atoms with Gasteiger partial charge in [-0.25, -0.2) is 0 Å². The Labute approximate surface area is 107 Å². The molecule has 0 aliphatic rings. The van der Waals surface area contributed by atoms with Crippen LogP contribution in [0.1, 0.15) is 5.56 Å². The Hall–Kier alpha value is -2.16. The predicted molar refractivity (Wildman–Crippen MR) is 69.2 cm³/mol. The molecule has 93 valence electrons. The van der Waals surface area contributed by atoms with Crippen LogP contribution in [0, 0.1) is 6.07 Å². The summed E-state index contributed by atoms with van der Waals surface area (Å²) < 4.78 is 15.8. The summed E-state index contributed by atoms with van der Waals surface area (Å²) in [5.41, 5.74) is 1.08. The van der Waals surface area contributed by atoms with Crippen molar-refractivity contribution in [1.29, 1.82) is 0 Å². The molecule has 0 heterocycles. The van der Waals surface area contributed by atoms with E-state index in [1.54, 1.807) is 14.2 Å². The van der Waals surface area contributed by atoms with Gasteiger partial charge in [0.15, 0.2) is 0 Å². The van der Waals surface area contributed by atoms with E-state index in [0.29, 0.717) is 18.1 Å². The van der Waals surface area contributed by atoms with Crippen LogP contribution in [-0.2, 0) is 6.61 Å². The minimum absolute atomic E-state index is 0.494. The predicted octanol–water partition coefficient (Wildman–Crippen LogP) is 3.08. The first-order valence-electron chi connectivity index (χ1n) is 5.64. The Morgan fingerprint density at radius 3 is 2.28 bits per heavy atom. The zero-order valence-electron chi connectivity index (χ0n) is 10.5. The Bertz CT molecular complexity index is 491. The van der Waals surface area contributed by atoms with Crippen LogP contribution in [0.15, 0.2) is 42.5 Å². The Kier molecular flexibility index (Phi) is 4.07. The minimum Gasteiger partial charge on any atom is -0.497 e. The third-order valence-electron chi connectivity index (χ3n) is 2.51. The van der Waals surface area contributed by atoms with E-state index in [2.05, 4.69) is 6.07 Å². The first-order chi connectivity index (χ1) is 8.81. The molecule has 0 aliphatic heterocycles. The molecule has 18 heavy (non-hydrogen) atoms. The average Bonchev–Trinajstić information content (AvgIpc) is 2.46. The van der Waals surface area contributed by atoms with Crippen molar-refractivity contribution in [3.8, 4) is 17.2 Å². The van der Waals surface area contributed by atoms with Crippen LogP contribution in [0.5, 0.6) is 17.2 Å². The van der Waals surface area contributed by atoms with Gasteiger partial charge in [0.1, 0.15) is 23.9 Å². The quantitative estimate of drug-likeness (QED) is 0.807. The van der Waals surface area contributed by atoms with Crippen LogP contribution in [0.2, 0.25) is 0 Å². The standard InChI is InChI=1S/C15H15O3/c1-16-13-8-6-12(7-9-13)11-18-15-5-3-4-14(10-15)17-2/h3-9H,11H2,1-2H3. The average molecular weight is 243 g/mol. The van der Waals surface area contributed by atoms with Gasteiger partial charge < -0.3 is 14.2 Å². The largest absolute Gasteiger partial charge is 0.497 e. The summed E-state index contributed by atoms with van der Waals surface area (Å²) in [6.07, 6.45) is 0. The molecular formula is C15H15O3. The highest BCUT2D eigenvalue weighted by atomic mass is 16.5. The zero-order chi connectivity index (χ0) is 12.8. The second kappa shape index (κ2) is 5.96. The molecule has 0 saturated heterocycles. The van der Waals surface area contributed by atoms with Gasteiger partial charge in [0.25, 0.3) is 0 Å². The fraction of sp³-hybridized carbons (Fsp3) is 0.200. The topological polar surface area (TPSA) is 27.7 Å². The molecule has 0 N–H and O–H groups in total. The van der Waals surface area contributed by atoms with E-state index in [1.807, 2.05) is 42.5 Å². The van der Waals surface area contributed by atoms with Crippen molar-refractivity contribution >= 4 is 0 Å². The number of ether oxygens (including phenoxy) is 3. The molecule has 2 rings (SSSR count). The van der Waals surface area contributed by atoms with Crippen molar-refractivity contribution in [2.75, 3.05) is 14.2 Å². The molecule has 3 heteroatoms. The minimum atomic E-state index is 0.494. The lowest BCUT2D eigenvalue weighted by Crippen LogP contribution is -1.96. The van der Waals surface area contributed by atoms with E-state index in [1.165, 1.54) is 0 Å². The molecule has 0 amide bonds. The maximum Gasteiger partial charge on any atom is 0.131 e. The first kappa shape index (κ1) is 12.3. The molecule has 0 fully saturated rings. The lowest BCUT2D eigenvalue weighted by Gasteiger charge is -2.07. The van der Waals surface area contributed by atoms with Crippen molar-refractivity contribution < 1.29 is 14.2 Å². The maximum atomic E-state index is 5.63. The second-order valence-electron chi connectivity index (χ2n) is 3.72. The molecule has 3 nitrogen and oxygen atoms in total. The Balaban J connectivity index is 1.97. The van der Waals surface area contributed by atoms with Crippen LogP contribution in [0.4, 0.5) is 0 Å². The fourth-order valence-corrected chi connectivity index (χ4v) is 1.51. The molecule has 2 aromatic rings. The Morgan fingerprint density at radius 2 is 1.61 bits per heavy atom. The molecule has 0 aliphatic carbocycles. The van der Waals surface area contributed by atoms with Gasteiger partial charge in [0, 0.05) is 0 Å². The number of methoxy groups -OCH3 is 2. The van der Waals surface area contributed by atoms with Gasteiger partial charge in [-0.05, 0) is 29.8 Å². The monoisotopic (exact) mass is 243 g/mol. The highest BCUT2D eigenvalue weighted by molar-refractivity contribution is 5.32. The molecular weight excluding hydrogens is 228 g/mol. The third kappa shape index (κ3) is 3.17. The fourth-order valence-electron chi connectivity index (χ4n) is 1.51. The molecule has 0 spiro atoms. The van der Waals surface area contributed by atoms with Crippen LogP contribution < -0.4 is 14.2 Å². The highest BCUT2D eigenvalue weighted by Crippen LogP contribution is 2.19. The first-order valence-corrected chi connectivity index (χ1v) is 5.64. The normalized spacial score (nSPS) is 9.89. The SMILES string of the molecule is COc1[c]c(OCc2ccc(OC)cc2)ccc1. The van der Waals surface area contributed by atoms with Gasteiger partial charge in [-0.1, -0.05) is 18.2 Å². The van der Waals surface area contributed by atoms with Crippen molar-refractivity contribution in [2.45, 2.75) is 6.61 Å². The molecule has 2 aromatic carbocycles. The third-order valence-corrected chi connectivity index (χ3v) is 2.51. The lowest BCUT2D eigenvalue weighted by molar-refractivity contribution is 0.302. The summed E-state index contributed by atoms with van der Waals surface area (Å²) in [6.45, 7) is 0.494. The van der Waals surface area contributed by atoms with Crippen molar-refractivity contribution in [3.63, 3.8) is 0 Å². The van der Waals surface area contributed by atoms with Gasteiger partial charge in [-0.15, -0.1) is 0 Å². The summed E-state index contributed by atoms with van der Waals surface area (Å²) in [7, 11) is 3.26. The van der Waals surface area contributed by atoms with E-state index < -0.39 is 0 Å². The van der Waals surface area contributed by atoms with Gasteiger partial charge in [0.05, 0.1) is 20.3 Å². The molecule has 0 saturated carbocycles. The number of benzene rings is 2. The molecule has 0 aromatic heterocycles. The van der Waals surface area contributed by atoms with Crippen LogP contribution in [0.3, 0.4) is 0 Å². The smallest absolute Gasteiger partial charge is 0.131 e. The maximum absolute atomic E-state index is 5.63. The van der Waals surface area contributed by atoms with Gasteiger partial charge in [-0.3, -0.25) is 0 Å². The number of rotatable bonds is 5. The van der Waals surface area contributed by atoms with Crippen LogP contribution >= 0.6 is 0 Å². The van der Waals surface area contributed by atoms with E-state index in [9.17, 15) is 0 Å². The number of hydrogen-bond acceptors (Lipinski definition) is 3. The molecule has 0 bridgehead atoms. The molecule has 1 radical (unpaired) electrons. The van der Waals surface area contributed by atoms with Gasteiger partial charge >= 0.3 is 0 Å². The van der Waals surface area contributed by atoms with Crippen molar-refractivity contribution in [3.05, 3.63) is 54.1 Å². The van der Waals surface area contributed by atoms with Crippen LogP contribution in [0.25, 0.3) is 0 Å². The number of hydrogen-bond donors (Lipinski definition) is 0. The van der Waals surface area contributed by atoms with E-state index in [4.69, 9.17) is 14.2 Å². The summed E-state index contributed by atoms with van der Waals surface area (Å²) in [4.78, 5) is 0. The highest BCUT2D eigenvalue weighted by Gasteiger charge is 1.99.